The van der Waals surface area contributed by atoms with E-state index in [-0.39, 0.29) is 5.82 Å². The van der Waals surface area contributed by atoms with Gasteiger partial charge in [0.15, 0.2) is 5.15 Å². The molecule has 0 saturated heterocycles. The van der Waals surface area contributed by atoms with Crippen LogP contribution in [0, 0.1) is 5.82 Å². The summed E-state index contributed by atoms with van der Waals surface area (Å²) in [5.41, 5.74) is 7.13. The number of rotatable bonds is 3. The summed E-state index contributed by atoms with van der Waals surface area (Å²) in [6.07, 6.45) is 0.664. The Morgan fingerprint density at radius 1 is 1.35 bits per heavy atom. The number of imidazole rings is 1. The Bertz CT molecular complexity index is 519. The number of hydrogen-bond donors (Lipinski definition) is 1. The predicted molar refractivity (Wildman–Crippen MR) is 66.4 cm³/mol. The molecule has 0 aliphatic heterocycles. The van der Waals surface area contributed by atoms with Crippen LogP contribution in [-0.4, -0.2) is 16.1 Å². The summed E-state index contributed by atoms with van der Waals surface area (Å²) in [4.78, 5) is 4.25. The zero-order chi connectivity index (χ0) is 12.4. The van der Waals surface area contributed by atoms with Crippen LogP contribution in [0.3, 0.4) is 0 Å². The third kappa shape index (κ3) is 2.33. The molecule has 0 saturated carbocycles. The topological polar surface area (TPSA) is 43.8 Å². The normalized spacial score (nSPS) is 10.8. The molecule has 0 spiro atoms. The van der Waals surface area contributed by atoms with Crippen molar-refractivity contribution in [1.29, 1.82) is 0 Å². The van der Waals surface area contributed by atoms with Crippen molar-refractivity contribution in [3.05, 3.63) is 41.1 Å². The molecule has 90 valence electrons. The third-order valence-electron chi connectivity index (χ3n) is 2.63. The second-order valence-electron chi connectivity index (χ2n) is 3.77. The van der Waals surface area contributed by atoms with E-state index >= 15 is 0 Å². The highest BCUT2D eigenvalue weighted by Crippen LogP contribution is 2.28. The molecule has 1 aromatic carbocycles. The molecule has 0 aliphatic rings. The molecule has 17 heavy (non-hydrogen) atoms. The van der Waals surface area contributed by atoms with Crippen molar-refractivity contribution in [3.8, 4) is 11.3 Å². The van der Waals surface area contributed by atoms with Crippen LogP contribution in [0.5, 0.6) is 0 Å². The average Bonchev–Trinajstić information content (AvgIpc) is 2.57. The minimum Gasteiger partial charge on any atom is -0.330 e. The van der Waals surface area contributed by atoms with E-state index in [1.54, 1.807) is 12.1 Å². The highest BCUT2D eigenvalue weighted by molar-refractivity contribution is 6.32. The lowest BCUT2D eigenvalue weighted by molar-refractivity contribution is 0.628. The van der Waals surface area contributed by atoms with Crippen molar-refractivity contribution in [3.63, 3.8) is 0 Å². The van der Waals surface area contributed by atoms with E-state index in [1.165, 1.54) is 12.1 Å². The van der Waals surface area contributed by atoms with Crippen molar-refractivity contribution in [2.75, 3.05) is 6.54 Å². The minimum atomic E-state index is -0.269. The van der Waals surface area contributed by atoms with Gasteiger partial charge in [0.1, 0.15) is 11.6 Å². The summed E-state index contributed by atoms with van der Waals surface area (Å²) in [7, 11) is 1.88. The lowest BCUT2D eigenvalue weighted by Crippen LogP contribution is -2.08. The van der Waals surface area contributed by atoms with E-state index in [9.17, 15) is 4.39 Å². The third-order valence-corrected chi connectivity index (χ3v) is 2.89. The fourth-order valence-electron chi connectivity index (χ4n) is 1.78. The van der Waals surface area contributed by atoms with Crippen LogP contribution in [0.4, 0.5) is 4.39 Å². The Hall–Kier alpha value is -1.39. The van der Waals surface area contributed by atoms with E-state index in [1.807, 2.05) is 11.6 Å². The first-order valence-corrected chi connectivity index (χ1v) is 5.68. The first-order chi connectivity index (χ1) is 8.13. The Morgan fingerprint density at radius 3 is 2.59 bits per heavy atom. The lowest BCUT2D eigenvalue weighted by Gasteiger charge is -2.05. The van der Waals surface area contributed by atoms with Gasteiger partial charge in [0.05, 0.1) is 5.69 Å². The molecule has 0 atom stereocenters. The summed E-state index contributed by atoms with van der Waals surface area (Å²) in [6.45, 7) is 0.518. The first-order valence-electron chi connectivity index (χ1n) is 5.30. The van der Waals surface area contributed by atoms with E-state index < -0.39 is 0 Å². The number of nitrogens with zero attached hydrogens (tertiary/aromatic N) is 2. The van der Waals surface area contributed by atoms with Gasteiger partial charge in [0, 0.05) is 19.0 Å². The Balaban J connectivity index is 2.48. The van der Waals surface area contributed by atoms with Gasteiger partial charge in [-0.05, 0) is 30.8 Å². The van der Waals surface area contributed by atoms with Crippen molar-refractivity contribution in [2.45, 2.75) is 6.42 Å². The standard InChI is InChI=1S/C12H13ClFN3/c1-17-10(6-7-15)16-12(13)11(17)8-2-4-9(14)5-3-8/h2-5H,6-7,15H2,1H3. The van der Waals surface area contributed by atoms with E-state index in [0.29, 0.717) is 18.1 Å². The van der Waals surface area contributed by atoms with Crippen LogP contribution in [-0.2, 0) is 13.5 Å². The second-order valence-corrected chi connectivity index (χ2v) is 4.13. The predicted octanol–water partition coefficient (Wildman–Crippen LogP) is 2.38. The number of halogens is 2. The molecule has 0 bridgehead atoms. The maximum absolute atomic E-state index is 12.9. The SMILES string of the molecule is Cn1c(CCN)nc(Cl)c1-c1ccc(F)cc1. The van der Waals surface area contributed by atoms with Crippen molar-refractivity contribution >= 4 is 11.6 Å². The molecule has 2 aromatic rings. The van der Waals surface area contributed by atoms with Gasteiger partial charge in [0.2, 0.25) is 0 Å². The zero-order valence-corrected chi connectivity index (χ0v) is 10.2. The van der Waals surface area contributed by atoms with E-state index in [4.69, 9.17) is 17.3 Å². The molecular formula is C12H13ClFN3. The van der Waals surface area contributed by atoms with Crippen LogP contribution in [0.2, 0.25) is 5.15 Å². The monoisotopic (exact) mass is 253 g/mol. The fourth-order valence-corrected chi connectivity index (χ4v) is 2.12. The Labute approximate surface area is 104 Å². The van der Waals surface area contributed by atoms with Gasteiger partial charge in [-0.3, -0.25) is 0 Å². The van der Waals surface area contributed by atoms with Gasteiger partial charge in [0.25, 0.3) is 0 Å². The summed E-state index contributed by atoms with van der Waals surface area (Å²) < 4.78 is 14.7. The van der Waals surface area contributed by atoms with Crippen LogP contribution in [0.15, 0.2) is 24.3 Å². The number of benzene rings is 1. The molecule has 5 heteroatoms. The van der Waals surface area contributed by atoms with Crippen molar-refractivity contribution < 1.29 is 4.39 Å². The molecule has 0 amide bonds. The molecule has 3 nitrogen and oxygen atoms in total. The molecule has 0 fully saturated rings. The lowest BCUT2D eigenvalue weighted by atomic mass is 10.1. The summed E-state index contributed by atoms with van der Waals surface area (Å²) in [5, 5.41) is 0.419. The molecule has 1 aromatic heterocycles. The molecule has 0 radical (unpaired) electrons. The number of nitrogens with two attached hydrogens (primary N) is 1. The number of aromatic nitrogens is 2. The van der Waals surface area contributed by atoms with Crippen molar-refractivity contribution in [1.82, 2.24) is 9.55 Å². The van der Waals surface area contributed by atoms with Gasteiger partial charge < -0.3 is 10.3 Å². The van der Waals surface area contributed by atoms with Gasteiger partial charge in [-0.1, -0.05) is 11.6 Å². The van der Waals surface area contributed by atoms with Crippen molar-refractivity contribution in [2.24, 2.45) is 12.8 Å². The summed E-state index contributed by atoms with van der Waals surface area (Å²) in [5.74, 6) is 0.561. The smallest absolute Gasteiger partial charge is 0.155 e. The highest BCUT2D eigenvalue weighted by atomic mass is 35.5. The molecule has 0 unspecified atom stereocenters. The Morgan fingerprint density at radius 2 is 2.00 bits per heavy atom. The summed E-state index contributed by atoms with van der Waals surface area (Å²) in [6, 6.07) is 6.18. The minimum absolute atomic E-state index is 0.269. The second kappa shape index (κ2) is 4.85. The molecule has 0 aliphatic carbocycles. The zero-order valence-electron chi connectivity index (χ0n) is 9.45. The van der Waals surface area contributed by atoms with Gasteiger partial charge >= 0.3 is 0 Å². The maximum Gasteiger partial charge on any atom is 0.155 e. The van der Waals surface area contributed by atoms with Crippen LogP contribution in [0.25, 0.3) is 11.3 Å². The van der Waals surface area contributed by atoms with Crippen LogP contribution >= 0.6 is 11.6 Å². The molecule has 2 rings (SSSR count). The summed E-state index contributed by atoms with van der Waals surface area (Å²) >= 11 is 6.09. The van der Waals surface area contributed by atoms with Gasteiger partial charge in [-0.15, -0.1) is 0 Å². The maximum atomic E-state index is 12.9. The largest absolute Gasteiger partial charge is 0.330 e. The Kier molecular flexibility index (Phi) is 3.45. The van der Waals surface area contributed by atoms with Crippen LogP contribution in [0.1, 0.15) is 5.82 Å². The van der Waals surface area contributed by atoms with E-state index in [0.717, 1.165) is 17.1 Å². The average molecular weight is 254 g/mol. The fraction of sp³-hybridized carbons (Fsp3) is 0.250. The highest BCUT2D eigenvalue weighted by Gasteiger charge is 2.14. The van der Waals surface area contributed by atoms with E-state index in [2.05, 4.69) is 4.98 Å². The van der Waals surface area contributed by atoms with Gasteiger partial charge in [-0.25, -0.2) is 9.37 Å². The molecule has 1 heterocycles. The molecule has 2 N–H and O–H groups in total. The van der Waals surface area contributed by atoms with Crippen LogP contribution < -0.4 is 5.73 Å². The quantitative estimate of drug-likeness (QED) is 0.913. The van der Waals surface area contributed by atoms with Gasteiger partial charge in [-0.2, -0.15) is 0 Å². The molecular weight excluding hydrogens is 241 g/mol. The number of hydrogen-bond acceptors (Lipinski definition) is 2. The first kappa shape index (κ1) is 12.1.